The molecule has 2 aromatic carbocycles. The summed E-state index contributed by atoms with van der Waals surface area (Å²) >= 11 is 1.52. The van der Waals surface area contributed by atoms with E-state index >= 15 is 0 Å². The topological polar surface area (TPSA) is 44.1 Å². The molecule has 0 aliphatic heterocycles. The number of benzene rings is 2. The zero-order valence-electron chi connectivity index (χ0n) is 17.2. The molecule has 0 atom stereocenters. The van der Waals surface area contributed by atoms with Gasteiger partial charge in [0.05, 0.1) is 18.5 Å². The second kappa shape index (κ2) is 7.93. The Balaban J connectivity index is 1.98. The molecule has 4 nitrogen and oxygen atoms in total. The largest absolute Gasteiger partial charge is 0.383 e. The first-order valence-electron chi connectivity index (χ1n) is 9.65. The van der Waals surface area contributed by atoms with Gasteiger partial charge >= 0.3 is 0 Å². The van der Waals surface area contributed by atoms with Crippen molar-refractivity contribution in [3.63, 3.8) is 0 Å². The lowest BCUT2D eigenvalue weighted by Gasteiger charge is -2.13. The number of aryl methyl sites for hydroxylation is 3. The van der Waals surface area contributed by atoms with E-state index in [0.29, 0.717) is 24.4 Å². The Hall–Kier alpha value is -2.76. The highest BCUT2D eigenvalue weighted by Gasteiger charge is 2.18. The van der Waals surface area contributed by atoms with Crippen molar-refractivity contribution in [2.75, 3.05) is 13.7 Å². The quantitative estimate of drug-likeness (QED) is 0.449. The zero-order valence-corrected chi connectivity index (χ0v) is 18.0. The van der Waals surface area contributed by atoms with Crippen LogP contribution in [0.5, 0.6) is 0 Å². The van der Waals surface area contributed by atoms with Gasteiger partial charge in [0, 0.05) is 23.6 Å². The minimum Gasteiger partial charge on any atom is -0.383 e. The highest BCUT2D eigenvalue weighted by molar-refractivity contribution is 7.17. The average Bonchev–Trinajstić information content (AvgIpc) is 3.12. The highest BCUT2D eigenvalue weighted by atomic mass is 32.1. The molecule has 0 unspecified atom stereocenters. The summed E-state index contributed by atoms with van der Waals surface area (Å²) in [5.41, 5.74) is 6.52. The molecule has 0 spiro atoms. The molecule has 0 radical (unpaired) electrons. The van der Waals surface area contributed by atoms with Gasteiger partial charge in [-0.05, 0) is 31.9 Å². The van der Waals surface area contributed by atoms with Crippen LogP contribution in [0.1, 0.15) is 16.7 Å². The first kappa shape index (κ1) is 19.6. The standard InChI is InChI=1S/C24H24N2O2S/c1-15-5-8-18(9-6-15)22-25-23-21(24(27)26(22)11-12-28-4)20(14-29-23)19-10-7-16(2)13-17(19)3/h5-10,13-14H,11-12H2,1-4H3. The van der Waals surface area contributed by atoms with Crippen molar-refractivity contribution in [2.24, 2.45) is 0 Å². The van der Waals surface area contributed by atoms with E-state index in [1.165, 1.54) is 22.5 Å². The summed E-state index contributed by atoms with van der Waals surface area (Å²) in [7, 11) is 1.65. The SMILES string of the molecule is COCCn1c(-c2ccc(C)cc2)nc2scc(-c3ccc(C)cc3C)c2c1=O. The summed E-state index contributed by atoms with van der Waals surface area (Å²) in [4.78, 5) is 19.3. The van der Waals surface area contributed by atoms with Gasteiger partial charge in [0.1, 0.15) is 10.7 Å². The molecule has 0 saturated carbocycles. The molecule has 0 aliphatic carbocycles. The number of rotatable bonds is 5. The lowest BCUT2D eigenvalue weighted by molar-refractivity contribution is 0.186. The summed E-state index contributed by atoms with van der Waals surface area (Å²) in [6.45, 7) is 7.13. The molecule has 148 valence electrons. The Kier molecular flexibility index (Phi) is 5.35. The van der Waals surface area contributed by atoms with Gasteiger partial charge in [0.2, 0.25) is 0 Å². The molecule has 0 N–H and O–H groups in total. The number of thiophene rings is 1. The van der Waals surface area contributed by atoms with Gasteiger partial charge in [0.15, 0.2) is 0 Å². The number of nitrogens with zero attached hydrogens (tertiary/aromatic N) is 2. The highest BCUT2D eigenvalue weighted by Crippen LogP contribution is 2.34. The van der Waals surface area contributed by atoms with Crippen LogP contribution in [0, 0.1) is 20.8 Å². The molecule has 29 heavy (non-hydrogen) atoms. The molecule has 2 heterocycles. The predicted molar refractivity (Wildman–Crippen MR) is 121 cm³/mol. The van der Waals surface area contributed by atoms with E-state index in [4.69, 9.17) is 9.72 Å². The molecule has 0 saturated heterocycles. The minimum atomic E-state index is -0.0150. The number of methoxy groups -OCH3 is 1. The predicted octanol–water partition coefficient (Wildman–Crippen LogP) is 5.36. The number of ether oxygens (including phenoxy) is 1. The summed E-state index contributed by atoms with van der Waals surface area (Å²) in [5.74, 6) is 0.688. The Morgan fingerprint density at radius 3 is 2.41 bits per heavy atom. The molecule has 4 rings (SSSR count). The molecule has 5 heteroatoms. The third-order valence-corrected chi connectivity index (χ3v) is 6.07. The van der Waals surface area contributed by atoms with E-state index in [9.17, 15) is 4.79 Å². The van der Waals surface area contributed by atoms with Crippen molar-refractivity contribution in [3.05, 3.63) is 74.9 Å². The molecule has 2 aromatic heterocycles. The monoisotopic (exact) mass is 404 g/mol. The molecule has 0 fully saturated rings. The van der Waals surface area contributed by atoms with Gasteiger partial charge in [-0.2, -0.15) is 0 Å². The summed E-state index contributed by atoms with van der Waals surface area (Å²) < 4.78 is 7.01. The smallest absolute Gasteiger partial charge is 0.263 e. The number of hydrogen-bond acceptors (Lipinski definition) is 4. The van der Waals surface area contributed by atoms with Crippen molar-refractivity contribution in [2.45, 2.75) is 27.3 Å². The van der Waals surface area contributed by atoms with E-state index in [2.05, 4.69) is 37.4 Å². The number of fused-ring (bicyclic) bond motifs is 1. The lowest BCUT2D eigenvalue weighted by atomic mass is 9.99. The molecule has 0 bridgehead atoms. The van der Waals surface area contributed by atoms with Crippen LogP contribution in [0.4, 0.5) is 0 Å². The summed E-state index contributed by atoms with van der Waals surface area (Å²) in [6, 6.07) is 14.5. The van der Waals surface area contributed by atoms with Gasteiger partial charge in [0.25, 0.3) is 5.56 Å². The van der Waals surface area contributed by atoms with Gasteiger partial charge in [-0.25, -0.2) is 4.98 Å². The van der Waals surface area contributed by atoms with Crippen LogP contribution in [-0.4, -0.2) is 23.3 Å². The number of hydrogen-bond donors (Lipinski definition) is 0. The van der Waals surface area contributed by atoms with Crippen LogP contribution in [0.25, 0.3) is 32.7 Å². The van der Waals surface area contributed by atoms with Crippen molar-refractivity contribution in [3.8, 4) is 22.5 Å². The maximum atomic E-state index is 13.6. The van der Waals surface area contributed by atoms with E-state index in [-0.39, 0.29) is 5.56 Å². The van der Waals surface area contributed by atoms with Crippen molar-refractivity contribution in [1.82, 2.24) is 9.55 Å². The fourth-order valence-corrected chi connectivity index (χ4v) is 4.58. The van der Waals surface area contributed by atoms with Gasteiger partial charge in [-0.1, -0.05) is 53.6 Å². The van der Waals surface area contributed by atoms with E-state index < -0.39 is 0 Å². The molecule has 0 amide bonds. The van der Waals surface area contributed by atoms with E-state index in [0.717, 1.165) is 27.1 Å². The second-order valence-electron chi connectivity index (χ2n) is 7.40. The van der Waals surface area contributed by atoms with E-state index in [1.54, 1.807) is 11.7 Å². The van der Waals surface area contributed by atoms with Crippen LogP contribution in [0.3, 0.4) is 0 Å². The first-order valence-corrected chi connectivity index (χ1v) is 10.5. The minimum absolute atomic E-state index is 0.0150. The molecular weight excluding hydrogens is 380 g/mol. The van der Waals surface area contributed by atoms with Crippen LogP contribution in [0.2, 0.25) is 0 Å². The maximum Gasteiger partial charge on any atom is 0.263 e. The summed E-state index contributed by atoms with van der Waals surface area (Å²) in [6.07, 6.45) is 0. The molecule has 4 aromatic rings. The van der Waals surface area contributed by atoms with Crippen molar-refractivity contribution >= 4 is 21.6 Å². The Labute approximate surface area is 174 Å². The fraction of sp³-hybridized carbons (Fsp3) is 0.250. The average molecular weight is 405 g/mol. The Bertz CT molecular complexity index is 1240. The first-order chi connectivity index (χ1) is 14.0. The fourth-order valence-electron chi connectivity index (χ4n) is 3.65. The van der Waals surface area contributed by atoms with Gasteiger partial charge in [-0.3, -0.25) is 9.36 Å². The third-order valence-electron chi connectivity index (χ3n) is 5.19. The molecule has 0 aliphatic rings. The van der Waals surface area contributed by atoms with Crippen LogP contribution in [-0.2, 0) is 11.3 Å². The van der Waals surface area contributed by atoms with Crippen LogP contribution < -0.4 is 5.56 Å². The van der Waals surface area contributed by atoms with Gasteiger partial charge < -0.3 is 4.74 Å². The summed E-state index contributed by atoms with van der Waals surface area (Å²) in [5, 5.41) is 2.74. The van der Waals surface area contributed by atoms with Gasteiger partial charge in [-0.15, -0.1) is 11.3 Å². The third kappa shape index (κ3) is 3.63. The normalized spacial score (nSPS) is 11.3. The van der Waals surface area contributed by atoms with Crippen molar-refractivity contribution in [1.29, 1.82) is 0 Å². The van der Waals surface area contributed by atoms with Crippen molar-refractivity contribution < 1.29 is 4.74 Å². The second-order valence-corrected chi connectivity index (χ2v) is 8.26. The number of aromatic nitrogens is 2. The zero-order chi connectivity index (χ0) is 20.5. The Morgan fingerprint density at radius 2 is 1.72 bits per heavy atom. The maximum absolute atomic E-state index is 13.6. The van der Waals surface area contributed by atoms with Crippen LogP contribution in [0.15, 0.2) is 52.6 Å². The van der Waals surface area contributed by atoms with E-state index in [1.807, 2.05) is 31.2 Å². The van der Waals surface area contributed by atoms with Crippen LogP contribution >= 0.6 is 11.3 Å². The Morgan fingerprint density at radius 1 is 1.00 bits per heavy atom. The lowest BCUT2D eigenvalue weighted by Crippen LogP contribution is -2.25. The molecular formula is C24H24N2O2S.